The van der Waals surface area contributed by atoms with E-state index in [9.17, 15) is 0 Å². The first kappa shape index (κ1) is 9.41. The molecule has 3 heteroatoms. The molecule has 0 amide bonds. The number of hydrogen-bond acceptors (Lipinski definition) is 1. The zero-order valence-corrected chi connectivity index (χ0v) is 9.20. The molecule has 14 heavy (non-hydrogen) atoms. The molecule has 2 nitrogen and oxygen atoms in total. The van der Waals surface area contributed by atoms with Crippen LogP contribution in [0.25, 0.3) is 10.9 Å². The highest BCUT2D eigenvalue weighted by Gasteiger charge is 2.11. The van der Waals surface area contributed by atoms with Gasteiger partial charge in [0.1, 0.15) is 5.75 Å². The molecule has 1 aromatic carbocycles. The molecule has 0 unspecified atom stereocenters. The van der Waals surface area contributed by atoms with Gasteiger partial charge in [-0.25, -0.2) is 0 Å². The second-order valence-corrected chi connectivity index (χ2v) is 3.78. The van der Waals surface area contributed by atoms with Gasteiger partial charge in [0.15, 0.2) is 0 Å². The molecule has 0 fully saturated rings. The Labute approximate surface area is 87.8 Å². The van der Waals surface area contributed by atoms with E-state index < -0.39 is 0 Å². The molecule has 0 saturated carbocycles. The number of H-pyrrole nitrogens is 1. The lowest BCUT2D eigenvalue weighted by Crippen LogP contribution is -1.84. The van der Waals surface area contributed by atoms with Crippen molar-refractivity contribution in [3.8, 4) is 5.75 Å². The summed E-state index contributed by atoms with van der Waals surface area (Å²) in [5, 5.41) is 1.81. The molecule has 0 saturated heterocycles. The summed E-state index contributed by atoms with van der Waals surface area (Å²) in [7, 11) is 1.67. The van der Waals surface area contributed by atoms with E-state index >= 15 is 0 Å². The first-order chi connectivity index (χ1) is 6.65. The molecule has 0 bridgehead atoms. The number of benzene rings is 1. The van der Waals surface area contributed by atoms with Crippen LogP contribution in [0.3, 0.4) is 0 Å². The third kappa shape index (κ3) is 1.18. The van der Waals surface area contributed by atoms with Crippen molar-refractivity contribution in [2.75, 3.05) is 7.11 Å². The van der Waals surface area contributed by atoms with Gasteiger partial charge in [-0.1, -0.05) is 11.6 Å². The van der Waals surface area contributed by atoms with Crippen LogP contribution < -0.4 is 4.74 Å². The third-order valence-electron chi connectivity index (χ3n) is 2.59. The molecule has 0 spiro atoms. The van der Waals surface area contributed by atoms with E-state index in [0.29, 0.717) is 0 Å². The van der Waals surface area contributed by atoms with Crippen molar-refractivity contribution in [3.05, 3.63) is 28.4 Å². The average molecular weight is 210 g/mol. The Hall–Kier alpha value is -1.15. The monoisotopic (exact) mass is 209 g/mol. The fourth-order valence-corrected chi connectivity index (χ4v) is 1.90. The lowest BCUT2D eigenvalue weighted by atomic mass is 10.1. The van der Waals surface area contributed by atoms with E-state index in [4.69, 9.17) is 16.3 Å². The van der Waals surface area contributed by atoms with Crippen LogP contribution in [0.4, 0.5) is 0 Å². The summed E-state index contributed by atoms with van der Waals surface area (Å²) in [6.45, 7) is 4.10. The number of aryl methyl sites for hydroxylation is 2. The second kappa shape index (κ2) is 3.21. The number of nitrogens with one attached hydrogen (secondary N) is 1. The molecule has 1 aromatic heterocycles. The summed E-state index contributed by atoms with van der Waals surface area (Å²) in [6, 6.07) is 3.74. The van der Waals surface area contributed by atoms with E-state index in [1.807, 2.05) is 19.1 Å². The topological polar surface area (TPSA) is 25.0 Å². The van der Waals surface area contributed by atoms with Crippen LogP contribution in [0, 0.1) is 13.8 Å². The number of methoxy groups -OCH3 is 1. The predicted octanol–water partition coefficient (Wildman–Crippen LogP) is 3.45. The maximum Gasteiger partial charge on any atom is 0.128 e. The summed E-state index contributed by atoms with van der Waals surface area (Å²) in [6.07, 6.45) is 0. The zero-order chi connectivity index (χ0) is 10.3. The minimum atomic E-state index is 0.733. The number of fused-ring (bicyclic) bond motifs is 1. The summed E-state index contributed by atoms with van der Waals surface area (Å²) < 4.78 is 5.30. The van der Waals surface area contributed by atoms with Crippen molar-refractivity contribution >= 4 is 22.5 Å². The van der Waals surface area contributed by atoms with Crippen molar-refractivity contribution in [2.24, 2.45) is 0 Å². The van der Waals surface area contributed by atoms with Gasteiger partial charge in [0, 0.05) is 11.1 Å². The van der Waals surface area contributed by atoms with E-state index in [2.05, 4.69) is 11.9 Å². The molecule has 0 aliphatic rings. The number of rotatable bonds is 1. The molecule has 2 aromatic rings. The van der Waals surface area contributed by atoms with Crippen LogP contribution in [0.2, 0.25) is 5.02 Å². The van der Waals surface area contributed by atoms with Crippen LogP contribution in [0.15, 0.2) is 12.1 Å². The Kier molecular flexibility index (Phi) is 2.16. The quantitative estimate of drug-likeness (QED) is 0.765. The molecule has 0 aliphatic carbocycles. The van der Waals surface area contributed by atoms with Gasteiger partial charge in [0.2, 0.25) is 0 Å². The molecule has 74 valence electrons. The van der Waals surface area contributed by atoms with E-state index in [1.54, 1.807) is 7.11 Å². The highest BCUT2D eigenvalue weighted by molar-refractivity contribution is 6.35. The molecule has 0 aliphatic heterocycles. The van der Waals surface area contributed by atoms with Gasteiger partial charge in [0.25, 0.3) is 0 Å². The second-order valence-electron chi connectivity index (χ2n) is 3.37. The SMILES string of the molecule is COc1ccc(Cl)c2[nH]c(C)c(C)c12. The Morgan fingerprint density at radius 3 is 2.64 bits per heavy atom. The van der Waals surface area contributed by atoms with Gasteiger partial charge in [-0.3, -0.25) is 0 Å². The first-order valence-corrected chi connectivity index (χ1v) is 4.84. The van der Waals surface area contributed by atoms with Gasteiger partial charge >= 0.3 is 0 Å². The standard InChI is InChI=1S/C11H12ClNO/c1-6-7(2)13-11-8(12)4-5-9(14-3)10(6)11/h4-5,13H,1-3H3. The van der Waals surface area contributed by atoms with Crippen LogP contribution in [-0.4, -0.2) is 12.1 Å². The molecule has 1 N–H and O–H groups in total. The van der Waals surface area contributed by atoms with Gasteiger partial charge in [-0.05, 0) is 31.5 Å². The Balaban J connectivity index is 2.92. The van der Waals surface area contributed by atoms with Crippen LogP contribution >= 0.6 is 11.6 Å². The molecular weight excluding hydrogens is 198 g/mol. The lowest BCUT2D eigenvalue weighted by molar-refractivity contribution is 0.419. The summed E-state index contributed by atoms with van der Waals surface area (Å²) in [5.74, 6) is 0.867. The fourth-order valence-electron chi connectivity index (χ4n) is 1.69. The summed E-state index contributed by atoms with van der Waals surface area (Å²) >= 11 is 6.08. The van der Waals surface area contributed by atoms with E-state index in [0.717, 1.165) is 27.4 Å². The first-order valence-electron chi connectivity index (χ1n) is 4.46. The normalized spacial score (nSPS) is 10.9. The van der Waals surface area contributed by atoms with Crippen molar-refractivity contribution in [3.63, 3.8) is 0 Å². The van der Waals surface area contributed by atoms with Gasteiger partial charge in [-0.15, -0.1) is 0 Å². The van der Waals surface area contributed by atoms with Gasteiger partial charge < -0.3 is 9.72 Å². The number of hydrogen-bond donors (Lipinski definition) is 1. The molecule has 2 rings (SSSR count). The predicted molar refractivity (Wildman–Crippen MR) is 59.3 cm³/mol. The van der Waals surface area contributed by atoms with Crippen molar-refractivity contribution < 1.29 is 4.74 Å². The Bertz CT molecular complexity index is 487. The largest absolute Gasteiger partial charge is 0.496 e. The maximum absolute atomic E-state index is 6.08. The van der Waals surface area contributed by atoms with E-state index in [1.165, 1.54) is 5.56 Å². The van der Waals surface area contributed by atoms with Crippen molar-refractivity contribution in [1.82, 2.24) is 4.98 Å². The highest BCUT2D eigenvalue weighted by Crippen LogP contribution is 2.34. The van der Waals surface area contributed by atoms with Crippen LogP contribution in [-0.2, 0) is 0 Å². The molecule has 0 radical (unpaired) electrons. The summed E-state index contributed by atoms with van der Waals surface area (Å²) in [4.78, 5) is 3.26. The highest BCUT2D eigenvalue weighted by atomic mass is 35.5. The maximum atomic E-state index is 6.08. The average Bonchev–Trinajstić information content (AvgIpc) is 2.47. The lowest BCUT2D eigenvalue weighted by Gasteiger charge is -2.03. The Morgan fingerprint density at radius 2 is 2.00 bits per heavy atom. The minimum absolute atomic E-state index is 0.733. The molecule has 0 atom stereocenters. The number of halogens is 1. The number of aromatic amines is 1. The Morgan fingerprint density at radius 1 is 1.29 bits per heavy atom. The smallest absolute Gasteiger partial charge is 0.128 e. The van der Waals surface area contributed by atoms with Crippen LogP contribution in [0.1, 0.15) is 11.3 Å². The fraction of sp³-hybridized carbons (Fsp3) is 0.273. The van der Waals surface area contributed by atoms with Crippen molar-refractivity contribution in [1.29, 1.82) is 0 Å². The van der Waals surface area contributed by atoms with E-state index in [-0.39, 0.29) is 0 Å². The van der Waals surface area contributed by atoms with Crippen molar-refractivity contribution in [2.45, 2.75) is 13.8 Å². The third-order valence-corrected chi connectivity index (χ3v) is 2.90. The van der Waals surface area contributed by atoms with Gasteiger partial charge in [-0.2, -0.15) is 0 Å². The zero-order valence-electron chi connectivity index (χ0n) is 8.44. The molecule has 1 heterocycles. The number of aromatic nitrogens is 1. The summed E-state index contributed by atoms with van der Waals surface area (Å²) in [5.41, 5.74) is 3.28. The van der Waals surface area contributed by atoms with Crippen LogP contribution in [0.5, 0.6) is 5.75 Å². The molecular formula is C11H12ClNO. The minimum Gasteiger partial charge on any atom is -0.496 e. The number of ether oxygens (including phenoxy) is 1. The van der Waals surface area contributed by atoms with Gasteiger partial charge in [0.05, 0.1) is 17.6 Å².